The number of H-pyrrole nitrogens is 1. The minimum absolute atomic E-state index is 0.0301. The van der Waals surface area contributed by atoms with E-state index >= 15 is 0 Å². The lowest BCUT2D eigenvalue weighted by atomic mass is 11.0. The van der Waals surface area contributed by atoms with Crippen molar-refractivity contribution in [3.05, 3.63) is 16.7 Å². The van der Waals surface area contributed by atoms with Crippen LogP contribution in [0.3, 0.4) is 0 Å². The number of aromatic nitrogens is 2. The van der Waals surface area contributed by atoms with Crippen LogP contribution in [0.2, 0.25) is 0 Å². The molecule has 0 atom stereocenters. The summed E-state index contributed by atoms with van der Waals surface area (Å²) in [6.07, 6.45) is 1.20. The maximum atomic E-state index is 10.5. The van der Waals surface area contributed by atoms with Crippen LogP contribution in [-0.4, -0.2) is 9.97 Å². The maximum Gasteiger partial charge on any atom is 0.276 e. The first-order valence-corrected chi connectivity index (χ1v) is 2.30. The number of hydrogen-bond donors (Lipinski definition) is 3. The molecule has 0 saturated heterocycles. The molecule has 5 nitrogen and oxygen atoms in total. The van der Waals surface area contributed by atoms with Crippen LogP contribution < -0.4 is 17.0 Å². The van der Waals surface area contributed by atoms with Gasteiger partial charge in [-0.3, -0.25) is 4.79 Å². The molecule has 5 N–H and O–H groups in total. The van der Waals surface area contributed by atoms with Gasteiger partial charge in [-0.2, -0.15) is 0 Å². The second kappa shape index (κ2) is 1.77. The molecule has 0 radical (unpaired) electrons. The van der Waals surface area contributed by atoms with Gasteiger partial charge >= 0.3 is 0 Å². The quantitative estimate of drug-likeness (QED) is 0.388. The van der Waals surface area contributed by atoms with Crippen molar-refractivity contribution in [1.82, 2.24) is 9.97 Å². The molecule has 0 aliphatic rings. The van der Waals surface area contributed by atoms with E-state index in [2.05, 4.69) is 9.97 Å². The third kappa shape index (κ3) is 0.835. The molecule has 48 valence electrons. The summed E-state index contributed by atoms with van der Waals surface area (Å²) in [6, 6.07) is 0. The fraction of sp³-hybridized carbons (Fsp3) is 0. The van der Waals surface area contributed by atoms with Gasteiger partial charge in [0.1, 0.15) is 5.69 Å². The third-order valence-corrected chi connectivity index (χ3v) is 0.920. The number of aromatic amines is 1. The summed E-state index contributed by atoms with van der Waals surface area (Å²) < 4.78 is 0. The first-order valence-electron chi connectivity index (χ1n) is 2.30. The van der Waals surface area contributed by atoms with Crippen molar-refractivity contribution in [3.63, 3.8) is 0 Å². The Labute approximate surface area is 50.7 Å². The van der Waals surface area contributed by atoms with E-state index in [0.29, 0.717) is 0 Å². The molecule has 0 fully saturated rings. The highest BCUT2D eigenvalue weighted by atomic mass is 16.1. The van der Waals surface area contributed by atoms with Gasteiger partial charge < -0.3 is 16.5 Å². The van der Waals surface area contributed by atoms with Gasteiger partial charge in [-0.1, -0.05) is 0 Å². The van der Waals surface area contributed by atoms with Gasteiger partial charge in [0.2, 0.25) is 0 Å². The number of anilines is 2. The van der Waals surface area contributed by atoms with Gasteiger partial charge in [0.15, 0.2) is 5.82 Å². The number of nitrogens with one attached hydrogen (secondary N) is 1. The molecule has 5 heteroatoms. The topological polar surface area (TPSA) is 97.8 Å². The summed E-state index contributed by atoms with van der Waals surface area (Å²) >= 11 is 0. The van der Waals surface area contributed by atoms with Crippen LogP contribution in [0.15, 0.2) is 11.1 Å². The monoisotopic (exact) mass is 129 g/mol. The molecule has 9 heavy (non-hydrogen) atoms. The van der Waals surface area contributed by atoms with E-state index < -0.39 is 5.56 Å². The summed E-state index contributed by atoms with van der Waals surface area (Å²) in [7, 11) is 0. The second-order valence-electron chi connectivity index (χ2n) is 1.53. The van der Waals surface area contributed by atoms with Gasteiger partial charge in [0.05, 0.1) is 6.33 Å². The van der Waals surface area contributed by atoms with Crippen molar-refractivity contribution in [2.24, 2.45) is 0 Å². The highest BCUT2D eigenvalue weighted by Gasteiger charge is 1.96. The molecule has 1 aromatic heterocycles. The zero-order chi connectivity index (χ0) is 6.85. The molecule has 0 aromatic carbocycles. The van der Waals surface area contributed by atoms with Gasteiger partial charge in [0, 0.05) is 0 Å². The molecule has 0 aliphatic heterocycles. The van der Waals surface area contributed by atoms with Crippen LogP contribution in [0.25, 0.3) is 0 Å². The smallest absolute Gasteiger partial charge is 0.276 e. The SMILES string of the molecule is N[13c]1nc[nH]c(=O)[13c]1[15NH2]. The van der Waals surface area contributed by atoms with E-state index in [1.807, 2.05) is 0 Å². The Morgan fingerprint density at radius 2 is 2.22 bits per heavy atom. The Hall–Kier alpha value is -1.52. The molecule has 0 spiro atoms. The number of rotatable bonds is 0. The first-order chi connectivity index (χ1) is 4.22. The standard InChI is InChI=1S/C4H6N4O/c5-2-3(6)7-1-8-4(2)9/h1H,5H2,(H3,6,7,8,9)/i2+1,3+1,5+1. The molecule has 1 rings (SSSR count). The number of nitrogen functional groups attached to an aromatic ring is 2. The van der Waals surface area contributed by atoms with E-state index in [0.717, 1.165) is 0 Å². The van der Waals surface area contributed by atoms with E-state index in [9.17, 15) is 4.79 Å². The van der Waals surface area contributed by atoms with Crippen molar-refractivity contribution in [1.29, 1.82) is 0 Å². The van der Waals surface area contributed by atoms with Crippen LogP contribution in [0.1, 0.15) is 0 Å². The Morgan fingerprint density at radius 1 is 1.56 bits per heavy atom. The van der Waals surface area contributed by atoms with E-state index in [4.69, 9.17) is 11.5 Å². The molecular weight excluding hydrogens is 123 g/mol. The van der Waals surface area contributed by atoms with E-state index in [-0.39, 0.29) is 11.5 Å². The van der Waals surface area contributed by atoms with Crippen molar-refractivity contribution in [2.45, 2.75) is 0 Å². The Kier molecular flexibility index (Phi) is 1.11. The molecular formula is C4H6N4O. The van der Waals surface area contributed by atoms with Crippen LogP contribution in [-0.2, 0) is 0 Å². The van der Waals surface area contributed by atoms with Crippen molar-refractivity contribution in [3.8, 4) is 0 Å². The first kappa shape index (κ1) is 5.61. The zero-order valence-electron chi connectivity index (χ0n) is 4.59. The number of nitrogens with zero attached hydrogens (tertiary/aromatic N) is 1. The highest BCUT2D eigenvalue weighted by Crippen LogP contribution is 1.98. The maximum absolute atomic E-state index is 10.5. The van der Waals surface area contributed by atoms with Gasteiger partial charge in [-0.25, -0.2) is 4.98 Å². The average Bonchev–Trinajstić information content (AvgIpc) is 1.83. The number of hydrogen-bond acceptors (Lipinski definition) is 4. The Morgan fingerprint density at radius 3 is 2.67 bits per heavy atom. The lowest BCUT2D eigenvalue weighted by Crippen LogP contribution is -2.14. The zero-order valence-corrected chi connectivity index (χ0v) is 4.59. The highest BCUT2D eigenvalue weighted by molar-refractivity contribution is 5.55. The van der Waals surface area contributed by atoms with Crippen LogP contribution in [0.4, 0.5) is 11.5 Å². The molecule has 0 saturated carbocycles. The Balaban J connectivity index is 3.43. The molecule has 1 heterocycles. The van der Waals surface area contributed by atoms with E-state index in [1.165, 1.54) is 6.33 Å². The molecule has 0 amide bonds. The normalized spacial score (nSPS) is 9.33. The summed E-state index contributed by atoms with van der Waals surface area (Å²) in [5, 5.41) is 0. The van der Waals surface area contributed by atoms with Gasteiger partial charge in [-0.15, -0.1) is 0 Å². The van der Waals surface area contributed by atoms with E-state index in [1.54, 1.807) is 0 Å². The fourth-order valence-corrected chi connectivity index (χ4v) is 0.424. The average molecular weight is 129 g/mol. The van der Waals surface area contributed by atoms with Gasteiger partial charge in [-0.05, 0) is 0 Å². The van der Waals surface area contributed by atoms with Crippen LogP contribution in [0, 0.1) is 0 Å². The molecule has 1 aromatic rings. The Bertz CT molecular complexity index is 266. The largest absolute Gasteiger partial charge is 0.391 e. The van der Waals surface area contributed by atoms with Crippen molar-refractivity contribution in [2.75, 3.05) is 11.5 Å². The molecule has 0 unspecified atom stereocenters. The lowest BCUT2D eigenvalue weighted by molar-refractivity contribution is 1.13. The predicted molar refractivity (Wildman–Crippen MR) is 33.7 cm³/mol. The summed E-state index contributed by atoms with van der Waals surface area (Å²) in [6.45, 7) is 0. The number of nitrogens with two attached hydrogens (primary N) is 2. The van der Waals surface area contributed by atoms with Crippen LogP contribution >= 0.6 is 0 Å². The fourth-order valence-electron chi connectivity index (χ4n) is 0.424. The van der Waals surface area contributed by atoms with Crippen LogP contribution in [0.5, 0.6) is 0 Å². The predicted octanol–water partition coefficient (Wildman–Crippen LogP) is -1.07. The second-order valence-corrected chi connectivity index (χ2v) is 1.53. The minimum Gasteiger partial charge on any atom is -0.391 e. The lowest BCUT2D eigenvalue weighted by Gasteiger charge is -1.92. The summed E-state index contributed by atoms with van der Waals surface area (Å²) in [4.78, 5) is 16.3. The third-order valence-electron chi connectivity index (χ3n) is 0.920. The van der Waals surface area contributed by atoms with Gasteiger partial charge in [0.25, 0.3) is 5.56 Å². The molecule has 0 bridgehead atoms. The minimum atomic E-state index is -0.400. The van der Waals surface area contributed by atoms with Crippen molar-refractivity contribution < 1.29 is 0 Å². The molecule has 0 aliphatic carbocycles. The van der Waals surface area contributed by atoms with Crippen molar-refractivity contribution >= 4 is 11.5 Å². The summed E-state index contributed by atoms with van der Waals surface area (Å²) in [5.41, 5.74) is 9.88. The summed E-state index contributed by atoms with van der Waals surface area (Å²) in [5.74, 6) is 0.0683.